The summed E-state index contributed by atoms with van der Waals surface area (Å²) in [5, 5.41) is 0. The van der Waals surface area contributed by atoms with Crippen molar-refractivity contribution in [3.05, 3.63) is 0 Å². The smallest absolute Gasteiger partial charge is 0.223 e. The standard InChI is InChI=1S/C11H20N2O2/c1-13(9-5-3-2-4-6-9)11(15)8-7-10(12)14/h9H,2-8H2,1H3,(H2,12,14). The summed E-state index contributed by atoms with van der Waals surface area (Å²) in [5.74, 6) is -0.360. The number of rotatable bonds is 4. The Kier molecular flexibility index (Phi) is 4.59. The van der Waals surface area contributed by atoms with Crippen LogP contribution in [0.15, 0.2) is 0 Å². The first kappa shape index (κ1) is 12.0. The van der Waals surface area contributed by atoms with E-state index in [4.69, 9.17) is 5.73 Å². The van der Waals surface area contributed by atoms with Crippen molar-refractivity contribution in [1.29, 1.82) is 0 Å². The van der Waals surface area contributed by atoms with E-state index >= 15 is 0 Å². The van der Waals surface area contributed by atoms with Gasteiger partial charge in [-0.25, -0.2) is 0 Å². The van der Waals surface area contributed by atoms with Crippen LogP contribution < -0.4 is 5.73 Å². The summed E-state index contributed by atoms with van der Waals surface area (Å²) in [6.45, 7) is 0. The lowest BCUT2D eigenvalue weighted by Crippen LogP contribution is -2.38. The van der Waals surface area contributed by atoms with Crippen LogP contribution in [0, 0.1) is 0 Å². The van der Waals surface area contributed by atoms with E-state index in [1.807, 2.05) is 7.05 Å². The summed E-state index contributed by atoms with van der Waals surface area (Å²) >= 11 is 0. The highest BCUT2D eigenvalue weighted by atomic mass is 16.2. The van der Waals surface area contributed by atoms with E-state index in [1.54, 1.807) is 4.90 Å². The van der Waals surface area contributed by atoms with Gasteiger partial charge in [-0.2, -0.15) is 0 Å². The van der Waals surface area contributed by atoms with Crippen molar-refractivity contribution in [2.24, 2.45) is 5.73 Å². The molecule has 1 rings (SSSR count). The molecule has 0 spiro atoms. The monoisotopic (exact) mass is 212 g/mol. The van der Waals surface area contributed by atoms with Crippen LogP contribution in [0.5, 0.6) is 0 Å². The maximum absolute atomic E-state index is 11.7. The van der Waals surface area contributed by atoms with Crippen molar-refractivity contribution in [2.45, 2.75) is 51.0 Å². The van der Waals surface area contributed by atoms with Gasteiger partial charge in [-0.3, -0.25) is 9.59 Å². The largest absolute Gasteiger partial charge is 0.370 e. The number of carbonyl (C=O) groups is 2. The number of nitrogens with two attached hydrogens (primary N) is 1. The molecule has 1 saturated carbocycles. The lowest BCUT2D eigenvalue weighted by Gasteiger charge is -2.31. The Morgan fingerprint density at radius 1 is 1.20 bits per heavy atom. The number of primary amides is 1. The topological polar surface area (TPSA) is 63.4 Å². The fraction of sp³-hybridized carbons (Fsp3) is 0.818. The Morgan fingerprint density at radius 3 is 2.33 bits per heavy atom. The van der Waals surface area contributed by atoms with Crippen molar-refractivity contribution in [2.75, 3.05) is 7.05 Å². The number of nitrogens with zero attached hydrogens (tertiary/aromatic N) is 1. The summed E-state index contributed by atoms with van der Waals surface area (Å²) in [6, 6.07) is 0.374. The zero-order valence-corrected chi connectivity index (χ0v) is 9.37. The molecule has 86 valence electrons. The van der Waals surface area contributed by atoms with Crippen LogP contribution >= 0.6 is 0 Å². The molecular formula is C11H20N2O2. The van der Waals surface area contributed by atoms with Crippen LogP contribution in [0.25, 0.3) is 0 Å². The zero-order valence-electron chi connectivity index (χ0n) is 9.37. The molecular weight excluding hydrogens is 192 g/mol. The third kappa shape index (κ3) is 3.90. The van der Waals surface area contributed by atoms with E-state index in [9.17, 15) is 9.59 Å². The third-order valence-electron chi connectivity index (χ3n) is 3.10. The van der Waals surface area contributed by atoms with Gasteiger partial charge in [0, 0.05) is 25.9 Å². The highest BCUT2D eigenvalue weighted by Gasteiger charge is 2.21. The number of amides is 2. The number of hydrogen-bond donors (Lipinski definition) is 1. The molecule has 0 bridgehead atoms. The van der Waals surface area contributed by atoms with Gasteiger partial charge >= 0.3 is 0 Å². The van der Waals surface area contributed by atoms with Crippen LogP contribution in [0.3, 0.4) is 0 Å². The quantitative estimate of drug-likeness (QED) is 0.756. The molecule has 0 aromatic heterocycles. The van der Waals surface area contributed by atoms with Crippen LogP contribution in [0.1, 0.15) is 44.9 Å². The van der Waals surface area contributed by atoms with Crippen molar-refractivity contribution < 1.29 is 9.59 Å². The second-order valence-corrected chi connectivity index (χ2v) is 4.26. The molecule has 4 nitrogen and oxygen atoms in total. The van der Waals surface area contributed by atoms with Crippen molar-refractivity contribution in [3.8, 4) is 0 Å². The summed E-state index contributed by atoms with van der Waals surface area (Å²) in [4.78, 5) is 24.0. The Bertz CT molecular complexity index is 235. The maximum atomic E-state index is 11.7. The minimum absolute atomic E-state index is 0.0423. The van der Waals surface area contributed by atoms with E-state index in [0.717, 1.165) is 12.8 Å². The van der Waals surface area contributed by atoms with Gasteiger partial charge in [0.15, 0.2) is 0 Å². The fourth-order valence-corrected chi connectivity index (χ4v) is 2.08. The molecule has 0 aromatic carbocycles. The zero-order chi connectivity index (χ0) is 11.3. The minimum Gasteiger partial charge on any atom is -0.370 e. The second-order valence-electron chi connectivity index (χ2n) is 4.26. The number of hydrogen-bond acceptors (Lipinski definition) is 2. The minimum atomic E-state index is -0.402. The van der Waals surface area contributed by atoms with Crippen LogP contribution in [-0.4, -0.2) is 29.8 Å². The average Bonchev–Trinajstić information content (AvgIpc) is 2.26. The van der Waals surface area contributed by atoms with Crippen LogP contribution in [0.2, 0.25) is 0 Å². The third-order valence-corrected chi connectivity index (χ3v) is 3.10. The van der Waals surface area contributed by atoms with Gasteiger partial charge in [-0.15, -0.1) is 0 Å². The predicted molar refractivity (Wildman–Crippen MR) is 58.1 cm³/mol. The van der Waals surface area contributed by atoms with E-state index in [0.29, 0.717) is 6.04 Å². The molecule has 1 aliphatic rings. The molecule has 0 atom stereocenters. The first-order chi connectivity index (χ1) is 7.11. The Hall–Kier alpha value is -1.06. The highest BCUT2D eigenvalue weighted by Crippen LogP contribution is 2.22. The molecule has 1 fully saturated rings. The summed E-state index contributed by atoms with van der Waals surface area (Å²) in [5.41, 5.74) is 5.01. The molecule has 15 heavy (non-hydrogen) atoms. The van der Waals surface area contributed by atoms with Gasteiger partial charge < -0.3 is 10.6 Å². The molecule has 4 heteroatoms. The lowest BCUT2D eigenvalue weighted by atomic mass is 9.94. The van der Waals surface area contributed by atoms with Crippen LogP contribution in [0.4, 0.5) is 0 Å². The molecule has 0 aromatic rings. The second kappa shape index (κ2) is 5.73. The van der Waals surface area contributed by atoms with Crippen molar-refractivity contribution >= 4 is 11.8 Å². The van der Waals surface area contributed by atoms with Crippen molar-refractivity contribution in [1.82, 2.24) is 4.90 Å². The molecule has 2 N–H and O–H groups in total. The Morgan fingerprint density at radius 2 is 1.80 bits per heavy atom. The maximum Gasteiger partial charge on any atom is 0.223 e. The van der Waals surface area contributed by atoms with E-state index in [2.05, 4.69) is 0 Å². The summed E-state index contributed by atoms with van der Waals surface area (Å²) in [6.07, 6.45) is 6.30. The van der Waals surface area contributed by atoms with Gasteiger partial charge in [-0.1, -0.05) is 19.3 Å². The van der Waals surface area contributed by atoms with Crippen molar-refractivity contribution in [3.63, 3.8) is 0 Å². The van der Waals surface area contributed by atoms with Crippen LogP contribution in [-0.2, 0) is 9.59 Å². The first-order valence-electron chi connectivity index (χ1n) is 5.65. The molecule has 0 radical (unpaired) electrons. The molecule has 1 aliphatic carbocycles. The molecule has 0 unspecified atom stereocenters. The Balaban J connectivity index is 2.33. The summed E-state index contributed by atoms with van der Waals surface area (Å²) < 4.78 is 0. The lowest BCUT2D eigenvalue weighted by molar-refractivity contribution is -0.134. The van der Waals surface area contributed by atoms with Gasteiger partial charge in [0.1, 0.15) is 0 Å². The van der Waals surface area contributed by atoms with Gasteiger partial charge in [0.25, 0.3) is 0 Å². The Labute approximate surface area is 90.8 Å². The van der Waals surface area contributed by atoms with E-state index < -0.39 is 5.91 Å². The number of carbonyl (C=O) groups excluding carboxylic acids is 2. The normalized spacial score (nSPS) is 17.4. The highest BCUT2D eigenvalue weighted by molar-refractivity contribution is 5.82. The van der Waals surface area contributed by atoms with Gasteiger partial charge in [0.2, 0.25) is 11.8 Å². The van der Waals surface area contributed by atoms with Gasteiger partial charge in [0.05, 0.1) is 0 Å². The first-order valence-corrected chi connectivity index (χ1v) is 5.65. The molecule has 0 heterocycles. The average molecular weight is 212 g/mol. The molecule has 2 amide bonds. The SMILES string of the molecule is CN(C(=O)CCC(N)=O)C1CCCCC1. The van der Waals surface area contributed by atoms with Gasteiger partial charge in [-0.05, 0) is 12.8 Å². The summed E-state index contributed by atoms with van der Waals surface area (Å²) in [7, 11) is 1.83. The molecule has 0 saturated heterocycles. The fourth-order valence-electron chi connectivity index (χ4n) is 2.08. The molecule has 0 aliphatic heterocycles. The predicted octanol–water partition coefficient (Wildman–Crippen LogP) is 1.04. The van der Waals surface area contributed by atoms with E-state index in [1.165, 1.54) is 19.3 Å². The van der Waals surface area contributed by atoms with E-state index in [-0.39, 0.29) is 18.7 Å².